The second kappa shape index (κ2) is 3.28. The molecule has 0 bridgehead atoms. The van der Waals surface area contributed by atoms with Crippen molar-refractivity contribution in [2.75, 3.05) is 0 Å². The minimum absolute atomic E-state index is 0.0471. The molecule has 74 valence electrons. The van der Waals surface area contributed by atoms with Crippen molar-refractivity contribution in [3.63, 3.8) is 0 Å². The predicted octanol–water partition coefficient (Wildman–Crippen LogP) is 4.29. The average molecular weight is 216 g/mol. The Balaban J connectivity index is 2.86. The Hall–Kier alpha value is -1.03. The first-order valence-electron chi connectivity index (χ1n) is 4.05. The summed E-state index contributed by atoms with van der Waals surface area (Å²) in [6.07, 6.45) is -2.62. The van der Waals surface area contributed by atoms with Crippen molar-refractivity contribution in [1.29, 1.82) is 0 Å². The predicted molar refractivity (Wildman–Crippen MR) is 51.5 cm³/mol. The molecule has 1 aromatic carbocycles. The van der Waals surface area contributed by atoms with E-state index in [-0.39, 0.29) is 11.1 Å². The third-order valence-corrected chi connectivity index (χ3v) is 3.09. The number of fused-ring (bicyclic) bond motifs is 1. The van der Waals surface area contributed by atoms with E-state index in [9.17, 15) is 13.2 Å². The zero-order valence-corrected chi connectivity index (χ0v) is 8.17. The third-order valence-electron chi connectivity index (χ3n) is 2.22. The van der Waals surface area contributed by atoms with Crippen LogP contribution in [0.25, 0.3) is 10.1 Å². The largest absolute Gasteiger partial charge is 0.264 e. The zero-order valence-electron chi connectivity index (χ0n) is 7.35. The molecule has 1 heterocycles. The van der Waals surface area contributed by atoms with Crippen LogP contribution >= 0.6 is 11.3 Å². The smallest absolute Gasteiger partial charge is 0.207 e. The van der Waals surface area contributed by atoms with Crippen LogP contribution in [0.5, 0.6) is 0 Å². The second-order valence-electron chi connectivity index (χ2n) is 3.03. The highest BCUT2D eigenvalue weighted by Gasteiger charge is 2.18. The van der Waals surface area contributed by atoms with Crippen molar-refractivity contribution in [3.8, 4) is 0 Å². The Labute approximate surface area is 83.0 Å². The van der Waals surface area contributed by atoms with Gasteiger partial charge in [-0.3, -0.25) is 0 Å². The van der Waals surface area contributed by atoms with E-state index in [1.807, 2.05) is 0 Å². The fourth-order valence-electron chi connectivity index (χ4n) is 1.49. The molecule has 0 saturated heterocycles. The molecule has 0 nitrogen and oxygen atoms in total. The Morgan fingerprint density at radius 2 is 2.07 bits per heavy atom. The second-order valence-corrected chi connectivity index (χ2v) is 3.98. The van der Waals surface area contributed by atoms with E-state index in [0.717, 1.165) is 0 Å². The first-order valence-corrected chi connectivity index (χ1v) is 4.93. The number of benzene rings is 1. The molecule has 2 aromatic rings. The van der Waals surface area contributed by atoms with E-state index in [0.29, 0.717) is 10.1 Å². The number of halogens is 3. The van der Waals surface area contributed by atoms with E-state index in [2.05, 4.69) is 0 Å². The van der Waals surface area contributed by atoms with E-state index in [4.69, 9.17) is 0 Å². The highest BCUT2D eigenvalue weighted by Crippen LogP contribution is 2.34. The van der Waals surface area contributed by atoms with Crippen molar-refractivity contribution in [2.45, 2.75) is 13.3 Å². The summed E-state index contributed by atoms with van der Waals surface area (Å²) >= 11 is 1.27. The van der Waals surface area contributed by atoms with Crippen molar-refractivity contribution in [3.05, 3.63) is 34.5 Å². The normalized spacial score (nSPS) is 11.5. The van der Waals surface area contributed by atoms with Crippen LogP contribution in [0.3, 0.4) is 0 Å². The molecule has 0 aliphatic heterocycles. The molecule has 0 unspecified atom stereocenters. The third kappa shape index (κ3) is 1.30. The highest BCUT2D eigenvalue weighted by atomic mass is 32.1. The quantitative estimate of drug-likeness (QED) is 0.667. The van der Waals surface area contributed by atoms with Gasteiger partial charge >= 0.3 is 0 Å². The number of hydrogen-bond donors (Lipinski definition) is 0. The van der Waals surface area contributed by atoms with Gasteiger partial charge in [0, 0.05) is 15.6 Å². The average Bonchev–Trinajstić information content (AvgIpc) is 2.52. The lowest BCUT2D eigenvalue weighted by Gasteiger charge is -2.07. The van der Waals surface area contributed by atoms with Gasteiger partial charge < -0.3 is 0 Å². The summed E-state index contributed by atoms with van der Waals surface area (Å²) in [6, 6.07) is 2.91. The molecule has 0 radical (unpaired) electrons. The molecule has 0 aliphatic carbocycles. The van der Waals surface area contributed by atoms with Gasteiger partial charge in [-0.05, 0) is 30.0 Å². The summed E-state index contributed by atoms with van der Waals surface area (Å²) in [4.78, 5) is 0. The van der Waals surface area contributed by atoms with Gasteiger partial charge in [-0.15, -0.1) is 11.3 Å². The zero-order chi connectivity index (χ0) is 10.3. The Morgan fingerprint density at radius 1 is 1.36 bits per heavy atom. The lowest BCUT2D eigenvalue weighted by Crippen LogP contribution is -1.93. The van der Waals surface area contributed by atoms with Gasteiger partial charge in [0.05, 0.1) is 0 Å². The van der Waals surface area contributed by atoms with Crippen molar-refractivity contribution in [1.82, 2.24) is 0 Å². The van der Waals surface area contributed by atoms with Crippen LogP contribution in [-0.4, -0.2) is 0 Å². The first-order chi connectivity index (χ1) is 6.61. The first kappa shape index (κ1) is 9.52. The molecule has 0 fully saturated rings. The van der Waals surface area contributed by atoms with E-state index >= 15 is 0 Å². The van der Waals surface area contributed by atoms with Crippen LogP contribution < -0.4 is 0 Å². The SMILES string of the molecule is Cc1c(F)cc2sccc2c1C(F)F. The maximum absolute atomic E-state index is 13.2. The monoisotopic (exact) mass is 216 g/mol. The van der Waals surface area contributed by atoms with Gasteiger partial charge in [-0.25, -0.2) is 13.2 Å². The Bertz CT molecular complexity index is 473. The fraction of sp³-hybridized carbons (Fsp3) is 0.200. The molecular weight excluding hydrogens is 209 g/mol. The van der Waals surface area contributed by atoms with Crippen LogP contribution in [0.4, 0.5) is 13.2 Å². The van der Waals surface area contributed by atoms with Gasteiger partial charge in [0.1, 0.15) is 5.82 Å². The van der Waals surface area contributed by atoms with Crippen molar-refractivity contribution < 1.29 is 13.2 Å². The molecule has 0 atom stereocenters. The summed E-state index contributed by atoms with van der Waals surface area (Å²) in [5.41, 5.74) is -0.132. The summed E-state index contributed by atoms with van der Waals surface area (Å²) in [5, 5.41) is 2.15. The molecule has 0 amide bonds. The number of hydrogen-bond acceptors (Lipinski definition) is 1. The summed E-state index contributed by atoms with van der Waals surface area (Å²) in [5.74, 6) is -0.560. The van der Waals surface area contributed by atoms with Gasteiger partial charge in [0.15, 0.2) is 0 Å². The van der Waals surface area contributed by atoms with Crippen LogP contribution in [0, 0.1) is 12.7 Å². The molecule has 0 saturated carbocycles. The summed E-state index contributed by atoms with van der Waals surface area (Å²) in [6.45, 7) is 1.38. The molecule has 0 spiro atoms. The van der Waals surface area contributed by atoms with E-state index in [1.54, 1.807) is 11.4 Å². The van der Waals surface area contributed by atoms with Crippen LogP contribution in [-0.2, 0) is 0 Å². The molecular formula is C10H7F3S. The molecule has 4 heteroatoms. The van der Waals surface area contributed by atoms with E-state index < -0.39 is 12.2 Å². The Kier molecular flexibility index (Phi) is 2.23. The van der Waals surface area contributed by atoms with Crippen molar-refractivity contribution in [2.24, 2.45) is 0 Å². The maximum Gasteiger partial charge on any atom is 0.264 e. The molecule has 2 rings (SSSR count). The molecule has 14 heavy (non-hydrogen) atoms. The lowest BCUT2D eigenvalue weighted by molar-refractivity contribution is 0.152. The Morgan fingerprint density at radius 3 is 2.71 bits per heavy atom. The van der Waals surface area contributed by atoms with Gasteiger partial charge in [-0.2, -0.15) is 0 Å². The standard InChI is InChI=1S/C10H7F3S/c1-5-7(11)4-8-6(2-3-14-8)9(5)10(12)13/h2-4,10H,1H3. The van der Waals surface area contributed by atoms with Crippen LogP contribution in [0.1, 0.15) is 17.6 Å². The summed E-state index contributed by atoms with van der Waals surface area (Å²) < 4.78 is 39.1. The van der Waals surface area contributed by atoms with Crippen LogP contribution in [0.2, 0.25) is 0 Å². The lowest BCUT2D eigenvalue weighted by atomic mass is 10.0. The maximum atomic E-state index is 13.2. The minimum atomic E-state index is -2.62. The minimum Gasteiger partial charge on any atom is -0.207 e. The molecule has 0 N–H and O–H groups in total. The van der Waals surface area contributed by atoms with E-state index in [1.165, 1.54) is 24.3 Å². The van der Waals surface area contributed by atoms with Crippen LogP contribution in [0.15, 0.2) is 17.5 Å². The van der Waals surface area contributed by atoms with Gasteiger partial charge in [-0.1, -0.05) is 0 Å². The highest BCUT2D eigenvalue weighted by molar-refractivity contribution is 7.17. The number of thiophene rings is 1. The van der Waals surface area contributed by atoms with Gasteiger partial charge in [0.2, 0.25) is 0 Å². The fourth-order valence-corrected chi connectivity index (χ4v) is 2.32. The number of rotatable bonds is 1. The van der Waals surface area contributed by atoms with Crippen molar-refractivity contribution >= 4 is 21.4 Å². The molecule has 0 aliphatic rings. The summed E-state index contributed by atoms with van der Waals surface area (Å²) in [7, 11) is 0. The topological polar surface area (TPSA) is 0 Å². The molecule has 1 aromatic heterocycles. The van der Waals surface area contributed by atoms with Gasteiger partial charge in [0.25, 0.3) is 6.43 Å². The number of alkyl halides is 2.